The molecule has 0 atom stereocenters. The molecule has 2 nitrogen and oxygen atoms in total. The van der Waals surface area contributed by atoms with E-state index >= 15 is 0 Å². The molecule has 0 fully saturated rings. The molecular weight excluding hydrogens is 438 g/mol. The molecule has 0 amide bonds. The predicted molar refractivity (Wildman–Crippen MR) is 145 cm³/mol. The molecule has 0 saturated carbocycles. The van der Waals surface area contributed by atoms with Gasteiger partial charge in [0.15, 0.2) is 0 Å². The van der Waals surface area contributed by atoms with Crippen LogP contribution in [0.4, 0.5) is 11.4 Å². The second kappa shape index (κ2) is 6.67. The minimum absolute atomic E-state index is 0.129. The lowest BCUT2D eigenvalue weighted by molar-refractivity contribution is 0.415. The summed E-state index contributed by atoms with van der Waals surface area (Å²) in [6.45, 7) is 4.72. The van der Waals surface area contributed by atoms with E-state index in [0.29, 0.717) is 0 Å². The van der Waals surface area contributed by atoms with Crippen molar-refractivity contribution in [1.29, 1.82) is 0 Å². The van der Waals surface area contributed by atoms with Crippen LogP contribution in [-0.2, 0) is 11.0 Å². The van der Waals surface area contributed by atoms with Crippen molar-refractivity contribution in [2.75, 3.05) is 4.90 Å². The van der Waals surface area contributed by atoms with Gasteiger partial charge >= 0.3 is 0 Å². The molecule has 0 unspecified atom stereocenters. The number of hydrogen-bond donors (Lipinski definition) is 0. The minimum Gasteiger partial charge on any atom is -0.457 e. The Morgan fingerprint density at radius 3 is 1.75 bits per heavy atom. The Kier molecular flexibility index (Phi) is 3.70. The van der Waals surface area contributed by atoms with Gasteiger partial charge in [0.25, 0.3) is 0 Å². The summed E-state index contributed by atoms with van der Waals surface area (Å²) in [4.78, 5) is 2.63. The van der Waals surface area contributed by atoms with Crippen LogP contribution in [0.1, 0.15) is 41.7 Å². The van der Waals surface area contributed by atoms with E-state index in [0.717, 1.165) is 11.5 Å². The van der Waals surface area contributed by atoms with E-state index in [-0.39, 0.29) is 5.41 Å². The highest BCUT2D eigenvalue weighted by Crippen LogP contribution is 2.66. The van der Waals surface area contributed by atoms with Crippen molar-refractivity contribution in [3.8, 4) is 22.6 Å². The van der Waals surface area contributed by atoms with E-state index in [9.17, 15) is 0 Å². The van der Waals surface area contributed by atoms with Crippen LogP contribution in [0, 0.1) is 0 Å². The summed E-state index contributed by atoms with van der Waals surface area (Å²) in [6, 6.07) is 41.9. The maximum Gasteiger partial charge on any atom is 0.133 e. The maximum absolute atomic E-state index is 6.55. The molecule has 0 aliphatic carbocycles. The molecule has 2 heteroatoms. The minimum atomic E-state index is -0.572. The molecule has 0 bridgehead atoms. The molecule has 3 aliphatic heterocycles. The van der Waals surface area contributed by atoms with E-state index in [1.807, 2.05) is 0 Å². The number of rotatable bonds is 0. The van der Waals surface area contributed by atoms with Crippen molar-refractivity contribution >= 4 is 11.4 Å². The standard InChI is InChI=1S/C34H25NO/c1-33(2)25-15-5-8-19-29(25)35-32-23(13-11-18-28(32)33)22-12-3-4-14-24(22)34(35)26-16-6-9-20-30(26)36-31-21-10-7-17-27(31)34/h3-21H,1-2H3. The molecule has 0 saturated heterocycles. The summed E-state index contributed by atoms with van der Waals surface area (Å²) in [7, 11) is 0. The van der Waals surface area contributed by atoms with Gasteiger partial charge in [-0.05, 0) is 40.5 Å². The average molecular weight is 464 g/mol. The number of para-hydroxylation sites is 4. The highest BCUT2D eigenvalue weighted by Gasteiger charge is 2.56. The van der Waals surface area contributed by atoms with Crippen LogP contribution in [0.15, 0.2) is 115 Å². The molecule has 3 heterocycles. The van der Waals surface area contributed by atoms with Gasteiger partial charge in [-0.3, -0.25) is 0 Å². The fourth-order valence-electron chi connectivity index (χ4n) is 6.97. The van der Waals surface area contributed by atoms with Gasteiger partial charge < -0.3 is 9.64 Å². The molecular formula is C34H25NO. The van der Waals surface area contributed by atoms with Crippen molar-refractivity contribution in [3.05, 3.63) is 143 Å². The fraction of sp³-hybridized carbons (Fsp3) is 0.118. The quantitative estimate of drug-likeness (QED) is 0.228. The Hall–Kier alpha value is -4.30. The monoisotopic (exact) mass is 463 g/mol. The third-order valence-corrected chi connectivity index (χ3v) is 8.47. The van der Waals surface area contributed by atoms with Crippen LogP contribution in [-0.4, -0.2) is 0 Å². The lowest BCUT2D eigenvalue weighted by Crippen LogP contribution is -2.52. The predicted octanol–water partition coefficient (Wildman–Crippen LogP) is 8.54. The topological polar surface area (TPSA) is 12.5 Å². The highest BCUT2D eigenvalue weighted by molar-refractivity contribution is 5.98. The van der Waals surface area contributed by atoms with Crippen molar-refractivity contribution in [3.63, 3.8) is 0 Å². The summed E-state index contributed by atoms with van der Waals surface area (Å²) in [5.41, 5.74) is 10.8. The molecule has 8 rings (SSSR count). The van der Waals surface area contributed by atoms with Crippen molar-refractivity contribution in [2.24, 2.45) is 0 Å². The number of benzene rings is 5. The van der Waals surface area contributed by atoms with Gasteiger partial charge in [0.05, 0.1) is 5.69 Å². The van der Waals surface area contributed by atoms with Crippen LogP contribution < -0.4 is 9.64 Å². The first-order chi connectivity index (χ1) is 17.6. The van der Waals surface area contributed by atoms with Gasteiger partial charge in [-0.2, -0.15) is 0 Å². The molecule has 5 aromatic rings. The number of hydrogen-bond acceptors (Lipinski definition) is 2. The van der Waals surface area contributed by atoms with E-state index < -0.39 is 5.54 Å². The molecule has 172 valence electrons. The fourth-order valence-corrected chi connectivity index (χ4v) is 6.97. The molecule has 0 aromatic heterocycles. The first-order valence-electron chi connectivity index (χ1n) is 12.6. The number of nitrogens with zero attached hydrogens (tertiary/aromatic N) is 1. The van der Waals surface area contributed by atoms with Crippen LogP contribution in [0.25, 0.3) is 11.1 Å². The second-order valence-corrected chi connectivity index (χ2v) is 10.5. The van der Waals surface area contributed by atoms with Crippen LogP contribution in [0.5, 0.6) is 11.5 Å². The summed E-state index contributed by atoms with van der Waals surface area (Å²) in [5.74, 6) is 1.82. The van der Waals surface area contributed by atoms with Crippen molar-refractivity contribution < 1.29 is 4.74 Å². The summed E-state index contributed by atoms with van der Waals surface area (Å²) >= 11 is 0. The molecule has 5 aromatic carbocycles. The first kappa shape index (κ1) is 19.9. The number of ether oxygens (including phenoxy) is 1. The van der Waals surface area contributed by atoms with Crippen molar-refractivity contribution in [1.82, 2.24) is 0 Å². The van der Waals surface area contributed by atoms with Gasteiger partial charge in [-0.15, -0.1) is 0 Å². The molecule has 3 aliphatic rings. The van der Waals surface area contributed by atoms with Crippen molar-refractivity contribution in [2.45, 2.75) is 24.8 Å². The number of fused-ring (bicyclic) bond motifs is 10. The Morgan fingerprint density at radius 1 is 0.500 bits per heavy atom. The first-order valence-corrected chi connectivity index (χ1v) is 12.6. The van der Waals surface area contributed by atoms with Gasteiger partial charge in [-0.1, -0.05) is 111 Å². The van der Waals surface area contributed by atoms with Gasteiger partial charge in [0, 0.05) is 27.8 Å². The SMILES string of the molecule is CC1(C)c2ccccc2N2c3c(cccc31)-c1ccccc1C21c2ccccc2Oc2ccccc21. The lowest BCUT2D eigenvalue weighted by atomic mass is 9.64. The zero-order valence-corrected chi connectivity index (χ0v) is 20.3. The Labute approximate surface area is 211 Å². The summed E-state index contributed by atoms with van der Waals surface area (Å²) in [5, 5.41) is 0. The van der Waals surface area contributed by atoms with E-state index in [1.54, 1.807) is 0 Å². The average Bonchev–Trinajstić information content (AvgIpc) is 2.92. The lowest BCUT2D eigenvalue weighted by Gasteiger charge is -2.57. The zero-order valence-electron chi connectivity index (χ0n) is 20.3. The third kappa shape index (κ3) is 2.19. The normalized spacial score (nSPS) is 16.7. The van der Waals surface area contributed by atoms with Gasteiger partial charge in [-0.25, -0.2) is 0 Å². The largest absolute Gasteiger partial charge is 0.457 e. The summed E-state index contributed by atoms with van der Waals surface area (Å²) in [6.07, 6.45) is 0. The number of anilines is 2. The Balaban J connectivity index is 1.65. The van der Waals surface area contributed by atoms with Crippen LogP contribution in [0.2, 0.25) is 0 Å². The zero-order chi connectivity index (χ0) is 24.1. The van der Waals surface area contributed by atoms with Crippen LogP contribution >= 0.6 is 0 Å². The smallest absolute Gasteiger partial charge is 0.133 e. The van der Waals surface area contributed by atoms with E-state index in [2.05, 4.69) is 134 Å². The van der Waals surface area contributed by atoms with E-state index in [4.69, 9.17) is 4.74 Å². The molecule has 1 spiro atoms. The molecule has 0 radical (unpaired) electrons. The van der Waals surface area contributed by atoms with Gasteiger partial charge in [0.1, 0.15) is 17.0 Å². The maximum atomic E-state index is 6.55. The molecule has 36 heavy (non-hydrogen) atoms. The highest BCUT2D eigenvalue weighted by atomic mass is 16.5. The van der Waals surface area contributed by atoms with Gasteiger partial charge in [0.2, 0.25) is 0 Å². The summed E-state index contributed by atoms with van der Waals surface area (Å²) < 4.78 is 6.55. The molecule has 0 N–H and O–H groups in total. The second-order valence-electron chi connectivity index (χ2n) is 10.5. The Bertz CT molecular complexity index is 1670. The third-order valence-electron chi connectivity index (χ3n) is 8.47. The van der Waals surface area contributed by atoms with Crippen LogP contribution in [0.3, 0.4) is 0 Å². The Morgan fingerprint density at radius 2 is 1.03 bits per heavy atom. The van der Waals surface area contributed by atoms with E-state index in [1.165, 1.54) is 50.3 Å².